The van der Waals surface area contributed by atoms with Crippen LogP contribution >= 0.6 is 23.2 Å². The number of aryl methyl sites for hydroxylation is 1. The van der Waals surface area contributed by atoms with Gasteiger partial charge in [-0.15, -0.1) is 0 Å². The van der Waals surface area contributed by atoms with E-state index in [0.29, 0.717) is 15.7 Å². The molecule has 19 heavy (non-hydrogen) atoms. The van der Waals surface area contributed by atoms with Crippen molar-refractivity contribution in [1.29, 1.82) is 0 Å². The Hall–Kier alpha value is -1.23. The third-order valence-corrected chi connectivity index (χ3v) is 4.59. The Balaban J connectivity index is 2.33. The lowest BCUT2D eigenvalue weighted by Gasteiger charge is -2.09. The van der Waals surface area contributed by atoms with E-state index < -0.39 is 10.0 Å². The molecule has 6 heteroatoms. The molecule has 0 saturated carbocycles. The molecule has 0 aliphatic rings. The molecule has 3 nitrogen and oxygen atoms in total. The zero-order chi connectivity index (χ0) is 14.0. The van der Waals surface area contributed by atoms with Crippen LogP contribution in [-0.4, -0.2) is 8.42 Å². The standard InChI is InChI=1S/C13H11Cl2NO2S/c1-9-3-2-4-11(7-9)19(17,18)16-10-5-6-12(14)13(15)8-10/h2-8,16H,1H3. The van der Waals surface area contributed by atoms with Crippen LogP contribution < -0.4 is 4.72 Å². The lowest BCUT2D eigenvalue weighted by molar-refractivity contribution is 0.601. The molecule has 0 spiro atoms. The second-order valence-electron chi connectivity index (χ2n) is 4.05. The predicted molar refractivity (Wildman–Crippen MR) is 78.4 cm³/mol. The van der Waals surface area contributed by atoms with Crippen LogP contribution in [0.4, 0.5) is 5.69 Å². The van der Waals surface area contributed by atoms with E-state index >= 15 is 0 Å². The lowest BCUT2D eigenvalue weighted by atomic mass is 10.2. The summed E-state index contributed by atoms with van der Waals surface area (Å²) in [6, 6.07) is 11.2. The van der Waals surface area contributed by atoms with Crippen molar-refractivity contribution in [2.24, 2.45) is 0 Å². The van der Waals surface area contributed by atoms with Crippen LogP contribution in [0.25, 0.3) is 0 Å². The first-order chi connectivity index (χ1) is 8.88. The third-order valence-electron chi connectivity index (χ3n) is 2.47. The van der Waals surface area contributed by atoms with Crippen molar-refractivity contribution in [2.45, 2.75) is 11.8 Å². The van der Waals surface area contributed by atoms with Crippen molar-refractivity contribution in [2.75, 3.05) is 4.72 Å². The van der Waals surface area contributed by atoms with Gasteiger partial charge in [0.05, 0.1) is 20.6 Å². The Morgan fingerprint density at radius 2 is 1.74 bits per heavy atom. The first-order valence-corrected chi connectivity index (χ1v) is 7.67. The van der Waals surface area contributed by atoms with Gasteiger partial charge in [-0.3, -0.25) is 4.72 Å². The van der Waals surface area contributed by atoms with Crippen LogP contribution in [0.5, 0.6) is 0 Å². The number of halogens is 2. The highest BCUT2D eigenvalue weighted by atomic mass is 35.5. The number of rotatable bonds is 3. The quantitative estimate of drug-likeness (QED) is 0.926. The van der Waals surface area contributed by atoms with Crippen molar-refractivity contribution in [1.82, 2.24) is 0 Å². The second-order valence-corrected chi connectivity index (χ2v) is 6.55. The molecule has 0 aromatic heterocycles. The summed E-state index contributed by atoms with van der Waals surface area (Å²) in [6.45, 7) is 1.83. The van der Waals surface area contributed by atoms with E-state index in [2.05, 4.69) is 4.72 Å². The first-order valence-electron chi connectivity index (χ1n) is 5.43. The fourth-order valence-corrected chi connectivity index (χ4v) is 3.01. The minimum Gasteiger partial charge on any atom is -0.280 e. The van der Waals surface area contributed by atoms with Gasteiger partial charge < -0.3 is 0 Å². The van der Waals surface area contributed by atoms with Crippen molar-refractivity contribution >= 4 is 38.9 Å². The highest BCUT2D eigenvalue weighted by Gasteiger charge is 2.14. The van der Waals surface area contributed by atoms with Gasteiger partial charge in [-0.05, 0) is 42.8 Å². The highest BCUT2D eigenvalue weighted by molar-refractivity contribution is 7.92. The molecular formula is C13H11Cl2NO2S. The number of hydrogen-bond donors (Lipinski definition) is 1. The predicted octanol–water partition coefficient (Wildman–Crippen LogP) is 4.10. The van der Waals surface area contributed by atoms with Gasteiger partial charge in [0.15, 0.2) is 0 Å². The molecular weight excluding hydrogens is 305 g/mol. The largest absolute Gasteiger partial charge is 0.280 e. The third kappa shape index (κ3) is 3.41. The smallest absolute Gasteiger partial charge is 0.261 e. The molecule has 2 aromatic carbocycles. The summed E-state index contributed by atoms with van der Waals surface area (Å²) < 4.78 is 26.8. The molecule has 0 fully saturated rings. The topological polar surface area (TPSA) is 46.2 Å². The van der Waals surface area contributed by atoms with Gasteiger partial charge in [0, 0.05) is 0 Å². The number of hydrogen-bond acceptors (Lipinski definition) is 2. The average Bonchev–Trinajstić information content (AvgIpc) is 2.33. The molecule has 0 saturated heterocycles. The van der Waals surface area contributed by atoms with Crippen LogP contribution in [-0.2, 0) is 10.0 Å². The minimum absolute atomic E-state index is 0.207. The average molecular weight is 316 g/mol. The lowest BCUT2D eigenvalue weighted by Crippen LogP contribution is -2.12. The summed E-state index contributed by atoms with van der Waals surface area (Å²) in [6.07, 6.45) is 0. The maximum atomic E-state index is 12.2. The van der Waals surface area contributed by atoms with Crippen molar-refractivity contribution in [3.63, 3.8) is 0 Å². The van der Waals surface area contributed by atoms with Crippen molar-refractivity contribution < 1.29 is 8.42 Å². The molecule has 0 aliphatic carbocycles. The van der Waals surface area contributed by atoms with E-state index in [0.717, 1.165) is 5.56 Å². The number of anilines is 1. The summed E-state index contributed by atoms with van der Waals surface area (Å²) in [5.41, 5.74) is 1.24. The molecule has 0 amide bonds. The monoisotopic (exact) mass is 315 g/mol. The number of sulfonamides is 1. The summed E-state index contributed by atoms with van der Waals surface area (Å²) in [4.78, 5) is 0.207. The van der Waals surface area contributed by atoms with Crippen LogP contribution in [0.1, 0.15) is 5.56 Å². The molecule has 0 aliphatic heterocycles. The molecule has 2 rings (SSSR count). The fourth-order valence-electron chi connectivity index (χ4n) is 1.56. The minimum atomic E-state index is -3.62. The van der Waals surface area contributed by atoms with Gasteiger partial charge in [0.1, 0.15) is 0 Å². The molecule has 2 aromatic rings. The van der Waals surface area contributed by atoms with E-state index in [1.807, 2.05) is 13.0 Å². The van der Waals surface area contributed by atoms with E-state index in [1.54, 1.807) is 18.2 Å². The number of nitrogens with one attached hydrogen (secondary N) is 1. The Labute approximate surface area is 122 Å². The van der Waals surface area contributed by atoms with E-state index in [-0.39, 0.29) is 4.90 Å². The number of benzene rings is 2. The molecule has 0 heterocycles. The highest BCUT2D eigenvalue weighted by Crippen LogP contribution is 2.26. The Kier molecular flexibility index (Phi) is 4.04. The normalized spacial score (nSPS) is 11.3. The Bertz CT molecular complexity index is 714. The summed E-state index contributed by atoms with van der Waals surface area (Å²) in [5, 5.41) is 0.672. The van der Waals surface area contributed by atoms with Gasteiger partial charge in [0.2, 0.25) is 0 Å². The maximum absolute atomic E-state index is 12.2. The van der Waals surface area contributed by atoms with Crippen molar-refractivity contribution in [3.8, 4) is 0 Å². The summed E-state index contributed by atoms with van der Waals surface area (Å²) in [7, 11) is -3.62. The summed E-state index contributed by atoms with van der Waals surface area (Å²) >= 11 is 11.6. The van der Waals surface area contributed by atoms with E-state index in [9.17, 15) is 8.42 Å². The zero-order valence-corrected chi connectivity index (χ0v) is 12.4. The second kappa shape index (κ2) is 5.41. The van der Waals surface area contributed by atoms with E-state index in [4.69, 9.17) is 23.2 Å². The van der Waals surface area contributed by atoms with Gasteiger partial charge in [0.25, 0.3) is 10.0 Å². The van der Waals surface area contributed by atoms with Gasteiger partial charge in [-0.25, -0.2) is 8.42 Å². The molecule has 0 bridgehead atoms. The molecule has 0 radical (unpaired) electrons. The molecule has 0 atom stereocenters. The van der Waals surface area contributed by atoms with Gasteiger partial charge in [-0.1, -0.05) is 35.3 Å². The summed E-state index contributed by atoms with van der Waals surface area (Å²) in [5.74, 6) is 0. The van der Waals surface area contributed by atoms with Crippen LogP contribution in [0.15, 0.2) is 47.4 Å². The van der Waals surface area contributed by atoms with Gasteiger partial charge in [-0.2, -0.15) is 0 Å². The SMILES string of the molecule is Cc1cccc(S(=O)(=O)Nc2ccc(Cl)c(Cl)c2)c1. The maximum Gasteiger partial charge on any atom is 0.261 e. The van der Waals surface area contributed by atoms with Crippen LogP contribution in [0.2, 0.25) is 10.0 Å². The molecule has 100 valence electrons. The Morgan fingerprint density at radius 1 is 1.00 bits per heavy atom. The zero-order valence-electron chi connectivity index (χ0n) is 10.0. The molecule has 1 N–H and O–H groups in total. The van der Waals surface area contributed by atoms with Crippen LogP contribution in [0, 0.1) is 6.92 Å². The first kappa shape index (κ1) is 14.2. The van der Waals surface area contributed by atoms with Crippen LogP contribution in [0.3, 0.4) is 0 Å². The Morgan fingerprint density at radius 3 is 2.37 bits per heavy atom. The van der Waals surface area contributed by atoms with Gasteiger partial charge >= 0.3 is 0 Å². The molecule has 0 unspecified atom stereocenters. The van der Waals surface area contributed by atoms with Crippen molar-refractivity contribution in [3.05, 3.63) is 58.1 Å². The fraction of sp³-hybridized carbons (Fsp3) is 0.0769. The van der Waals surface area contributed by atoms with E-state index in [1.165, 1.54) is 18.2 Å².